The van der Waals surface area contributed by atoms with Crippen molar-refractivity contribution in [2.75, 3.05) is 0 Å². The van der Waals surface area contributed by atoms with Crippen LogP contribution in [-0.4, -0.2) is 18.8 Å². The van der Waals surface area contributed by atoms with E-state index in [-0.39, 0.29) is 0 Å². The lowest BCUT2D eigenvalue weighted by atomic mass is 10.4. The number of alkyl halides is 3. The molecule has 0 aliphatic carbocycles. The Morgan fingerprint density at radius 2 is 2.00 bits per heavy atom. The van der Waals surface area contributed by atoms with Gasteiger partial charge in [-0.2, -0.15) is 13.2 Å². The van der Waals surface area contributed by atoms with Crippen molar-refractivity contribution < 1.29 is 22.7 Å². The maximum absolute atomic E-state index is 11.3. The zero-order valence-electron chi connectivity index (χ0n) is 4.53. The summed E-state index contributed by atoms with van der Waals surface area (Å²) < 4.78 is 37.5. The molecular weight excluding hydrogens is 137 g/mol. The van der Waals surface area contributed by atoms with Gasteiger partial charge in [-0.15, -0.1) is 0 Å². The largest absolute Gasteiger partial charge is 0.445 e. The third-order valence-electron chi connectivity index (χ3n) is 0.686. The predicted octanol–water partition coefficient (Wildman–Crippen LogP) is 1.02. The van der Waals surface area contributed by atoms with Crippen LogP contribution >= 0.6 is 0 Å². The van der Waals surface area contributed by atoms with Crippen LogP contribution in [0.15, 0.2) is 0 Å². The van der Waals surface area contributed by atoms with E-state index in [9.17, 15) is 18.0 Å². The van der Waals surface area contributed by atoms with E-state index in [0.29, 0.717) is 6.47 Å². The number of rotatable bonds is 2. The Balaban J connectivity index is 3.72. The summed E-state index contributed by atoms with van der Waals surface area (Å²) in [7, 11) is 0. The van der Waals surface area contributed by atoms with Crippen LogP contribution in [0.5, 0.6) is 0 Å². The second kappa shape index (κ2) is 2.70. The van der Waals surface area contributed by atoms with Crippen molar-refractivity contribution in [2.45, 2.75) is 19.2 Å². The number of ether oxygens (including phenoxy) is 1. The Labute approximate surface area is 49.6 Å². The molecular formula is C4H4F3O2. The third-order valence-corrected chi connectivity index (χ3v) is 0.686. The van der Waals surface area contributed by atoms with Gasteiger partial charge in [0, 0.05) is 0 Å². The minimum atomic E-state index is -4.47. The van der Waals surface area contributed by atoms with E-state index in [4.69, 9.17) is 0 Å². The molecule has 0 heterocycles. The Kier molecular flexibility index (Phi) is 2.48. The zero-order valence-corrected chi connectivity index (χ0v) is 4.53. The zero-order chi connectivity index (χ0) is 7.49. The molecule has 5 heteroatoms. The summed E-state index contributed by atoms with van der Waals surface area (Å²) in [6.07, 6.45) is -6.53. The normalized spacial score (nSPS) is 14.7. The molecule has 0 aromatic carbocycles. The summed E-state index contributed by atoms with van der Waals surface area (Å²) in [5.74, 6) is 0. The lowest BCUT2D eigenvalue weighted by molar-refractivity contribution is -0.192. The standard InChI is InChI=1S/C4H4F3O2/c1-3(9-2-8)4(5,6)7/h3H,1H3/t3-/m0/s1. The highest BCUT2D eigenvalue weighted by atomic mass is 19.4. The van der Waals surface area contributed by atoms with Gasteiger partial charge in [0.25, 0.3) is 0 Å². The van der Waals surface area contributed by atoms with Crippen LogP contribution in [0.1, 0.15) is 6.92 Å². The van der Waals surface area contributed by atoms with E-state index < -0.39 is 12.3 Å². The maximum Gasteiger partial charge on any atom is 0.425 e. The lowest BCUT2D eigenvalue weighted by Gasteiger charge is -2.11. The average molecular weight is 141 g/mol. The maximum atomic E-state index is 11.3. The van der Waals surface area contributed by atoms with Gasteiger partial charge in [-0.1, -0.05) is 0 Å². The van der Waals surface area contributed by atoms with Crippen LogP contribution in [0.3, 0.4) is 0 Å². The Morgan fingerprint density at radius 3 is 2.11 bits per heavy atom. The Bertz CT molecular complexity index is 98.5. The van der Waals surface area contributed by atoms with Crippen LogP contribution in [0, 0.1) is 0 Å². The van der Waals surface area contributed by atoms with E-state index in [2.05, 4.69) is 4.74 Å². The molecule has 0 saturated heterocycles. The first-order valence-corrected chi connectivity index (χ1v) is 2.08. The number of halogens is 3. The topological polar surface area (TPSA) is 26.3 Å². The molecule has 0 aliphatic rings. The SMILES string of the molecule is C[C@H](O[C]=O)C(F)(F)F. The molecule has 0 amide bonds. The van der Waals surface area contributed by atoms with Gasteiger partial charge in [0.15, 0.2) is 6.10 Å². The smallest absolute Gasteiger partial charge is 0.425 e. The quantitative estimate of drug-likeness (QED) is 0.573. The fraction of sp³-hybridized carbons (Fsp3) is 0.750. The van der Waals surface area contributed by atoms with Crippen molar-refractivity contribution in [3.8, 4) is 0 Å². The summed E-state index contributed by atoms with van der Waals surface area (Å²) in [5.41, 5.74) is 0. The van der Waals surface area contributed by atoms with Crippen molar-refractivity contribution in [1.82, 2.24) is 0 Å². The van der Waals surface area contributed by atoms with Gasteiger partial charge in [0.05, 0.1) is 0 Å². The molecule has 0 saturated carbocycles. The van der Waals surface area contributed by atoms with E-state index in [1.165, 1.54) is 0 Å². The van der Waals surface area contributed by atoms with Gasteiger partial charge >= 0.3 is 12.6 Å². The number of hydrogen-bond acceptors (Lipinski definition) is 2. The molecule has 1 radical (unpaired) electrons. The summed E-state index contributed by atoms with van der Waals surface area (Å²) in [5, 5.41) is 0. The van der Waals surface area contributed by atoms with Crippen LogP contribution in [0.4, 0.5) is 13.2 Å². The average Bonchev–Trinajstić information content (AvgIpc) is 1.64. The second-order valence-corrected chi connectivity index (χ2v) is 1.39. The predicted molar refractivity (Wildman–Crippen MR) is 22.3 cm³/mol. The van der Waals surface area contributed by atoms with Gasteiger partial charge in [0.1, 0.15) is 0 Å². The Hall–Kier alpha value is -0.740. The fourth-order valence-corrected chi connectivity index (χ4v) is 0.139. The summed E-state index contributed by atoms with van der Waals surface area (Å²) in [6.45, 7) is 1.43. The number of carbonyl (C=O) groups excluding carboxylic acids is 1. The highest BCUT2D eigenvalue weighted by molar-refractivity contribution is 5.38. The summed E-state index contributed by atoms with van der Waals surface area (Å²) in [6, 6.07) is 0. The van der Waals surface area contributed by atoms with Gasteiger partial charge < -0.3 is 4.74 Å². The first-order valence-electron chi connectivity index (χ1n) is 2.08. The van der Waals surface area contributed by atoms with Gasteiger partial charge in [-0.25, -0.2) is 4.79 Å². The first kappa shape index (κ1) is 8.26. The van der Waals surface area contributed by atoms with E-state index >= 15 is 0 Å². The molecule has 0 unspecified atom stereocenters. The molecule has 0 spiro atoms. The van der Waals surface area contributed by atoms with Crippen molar-refractivity contribution in [3.63, 3.8) is 0 Å². The van der Waals surface area contributed by atoms with Crippen molar-refractivity contribution in [1.29, 1.82) is 0 Å². The van der Waals surface area contributed by atoms with Gasteiger partial charge in [-0.3, -0.25) is 0 Å². The first-order chi connectivity index (χ1) is 3.98. The molecule has 0 bridgehead atoms. The lowest BCUT2D eigenvalue weighted by Crippen LogP contribution is -2.27. The molecule has 53 valence electrons. The summed E-state index contributed by atoms with van der Waals surface area (Å²) in [4.78, 5) is 9.21. The van der Waals surface area contributed by atoms with Gasteiger partial charge in [-0.05, 0) is 6.92 Å². The minimum Gasteiger partial charge on any atom is -0.445 e. The highest BCUT2D eigenvalue weighted by Gasteiger charge is 2.37. The van der Waals surface area contributed by atoms with Crippen LogP contribution in [-0.2, 0) is 9.53 Å². The minimum absolute atomic E-state index is 0.704. The highest BCUT2D eigenvalue weighted by Crippen LogP contribution is 2.21. The van der Waals surface area contributed by atoms with Gasteiger partial charge in [0.2, 0.25) is 0 Å². The van der Waals surface area contributed by atoms with Crippen molar-refractivity contribution >= 4 is 6.47 Å². The van der Waals surface area contributed by atoms with Crippen molar-refractivity contribution in [3.05, 3.63) is 0 Å². The molecule has 0 aromatic rings. The molecule has 0 fully saturated rings. The molecule has 2 nitrogen and oxygen atoms in total. The molecule has 0 aliphatic heterocycles. The molecule has 0 N–H and O–H groups in total. The fourth-order valence-electron chi connectivity index (χ4n) is 0.139. The monoisotopic (exact) mass is 141 g/mol. The Morgan fingerprint density at radius 1 is 1.56 bits per heavy atom. The van der Waals surface area contributed by atoms with E-state index in [1.807, 2.05) is 0 Å². The molecule has 0 aromatic heterocycles. The van der Waals surface area contributed by atoms with Crippen LogP contribution < -0.4 is 0 Å². The molecule has 9 heavy (non-hydrogen) atoms. The molecule has 0 rings (SSSR count). The van der Waals surface area contributed by atoms with E-state index in [1.54, 1.807) is 0 Å². The van der Waals surface area contributed by atoms with Crippen LogP contribution in [0.2, 0.25) is 0 Å². The van der Waals surface area contributed by atoms with E-state index in [0.717, 1.165) is 6.92 Å². The van der Waals surface area contributed by atoms with Crippen LogP contribution in [0.25, 0.3) is 0 Å². The summed E-state index contributed by atoms with van der Waals surface area (Å²) >= 11 is 0. The number of hydrogen-bond donors (Lipinski definition) is 0. The third kappa shape index (κ3) is 2.94. The molecule has 1 atom stereocenters. The second-order valence-electron chi connectivity index (χ2n) is 1.39. The van der Waals surface area contributed by atoms with Crippen molar-refractivity contribution in [2.24, 2.45) is 0 Å².